The summed E-state index contributed by atoms with van der Waals surface area (Å²) in [4.78, 5) is 14.7. The summed E-state index contributed by atoms with van der Waals surface area (Å²) in [6.07, 6.45) is 3.29. The molecule has 0 atom stereocenters. The van der Waals surface area contributed by atoms with Crippen LogP contribution in [0.2, 0.25) is 0 Å². The summed E-state index contributed by atoms with van der Waals surface area (Å²) in [6, 6.07) is 5.22. The highest BCUT2D eigenvalue weighted by Crippen LogP contribution is 2.38. The molecule has 2 saturated heterocycles. The minimum atomic E-state index is -4.61. The lowest BCUT2D eigenvalue weighted by Gasteiger charge is -2.11. The zero-order valence-corrected chi connectivity index (χ0v) is 20.7. The van der Waals surface area contributed by atoms with Gasteiger partial charge in [0.2, 0.25) is 5.95 Å². The van der Waals surface area contributed by atoms with Crippen molar-refractivity contribution < 1.29 is 17.7 Å². The zero-order valence-electron chi connectivity index (χ0n) is 20.7. The maximum Gasteiger partial charge on any atom is 0.419 e. The van der Waals surface area contributed by atoms with Crippen LogP contribution in [0.1, 0.15) is 56.5 Å². The highest BCUT2D eigenvalue weighted by Gasteiger charge is 2.36. The molecule has 0 amide bonds. The predicted octanol–water partition coefficient (Wildman–Crippen LogP) is 5.82. The Hall–Kier alpha value is -3.47. The van der Waals surface area contributed by atoms with Crippen LogP contribution < -0.4 is 11.1 Å². The molecule has 2 aliphatic heterocycles. The van der Waals surface area contributed by atoms with Gasteiger partial charge in [-0.1, -0.05) is 19.0 Å². The van der Waals surface area contributed by atoms with E-state index in [2.05, 4.69) is 30.4 Å². The number of aromatic amines is 1. The molecule has 6 heterocycles. The van der Waals surface area contributed by atoms with Crippen LogP contribution in [0, 0.1) is 13.8 Å². The highest BCUT2D eigenvalue weighted by atomic mass is 19.4. The minimum absolute atomic E-state index is 0.240. The van der Waals surface area contributed by atoms with E-state index in [4.69, 9.17) is 10.3 Å². The summed E-state index contributed by atoms with van der Waals surface area (Å²) in [5.74, 6) is 0.363. The first-order valence-corrected chi connectivity index (χ1v) is 12.1. The maximum atomic E-state index is 13.3. The summed E-state index contributed by atoms with van der Waals surface area (Å²) >= 11 is 0. The Morgan fingerprint density at radius 1 is 1.03 bits per heavy atom. The lowest BCUT2D eigenvalue weighted by molar-refractivity contribution is -0.137. The minimum Gasteiger partial charge on any atom is -0.368 e. The molecule has 0 radical (unpaired) electrons. The van der Waals surface area contributed by atoms with Crippen LogP contribution in [0.4, 0.5) is 19.1 Å². The summed E-state index contributed by atoms with van der Waals surface area (Å²) in [5.41, 5.74) is 6.92. The molecular weight excluding hydrogens is 471 g/mol. The average Bonchev–Trinajstić information content (AvgIpc) is 3.65. The molecule has 11 heteroatoms. The second kappa shape index (κ2) is 10.3. The molecule has 2 fully saturated rings. The van der Waals surface area contributed by atoms with Gasteiger partial charge in [-0.2, -0.15) is 13.2 Å². The Labute approximate surface area is 206 Å². The largest absolute Gasteiger partial charge is 0.419 e. The average molecular weight is 502 g/mol. The first-order valence-electron chi connectivity index (χ1n) is 12.1. The number of aryl methyl sites for hydroxylation is 2. The number of nitrogens with two attached hydrogens (primary N) is 1. The predicted molar refractivity (Wildman–Crippen MR) is 132 cm³/mol. The quantitative estimate of drug-likeness (QED) is 0.317. The van der Waals surface area contributed by atoms with E-state index in [0.29, 0.717) is 34.4 Å². The van der Waals surface area contributed by atoms with Gasteiger partial charge in [0.15, 0.2) is 0 Å². The van der Waals surface area contributed by atoms with Crippen LogP contribution >= 0.6 is 0 Å². The Bertz CT molecular complexity index is 1310. The van der Waals surface area contributed by atoms with Gasteiger partial charge in [0.25, 0.3) is 0 Å². The molecule has 36 heavy (non-hydrogen) atoms. The van der Waals surface area contributed by atoms with Gasteiger partial charge in [0.05, 0.1) is 22.6 Å². The Balaban J connectivity index is 0.000000284. The third-order valence-corrected chi connectivity index (χ3v) is 6.39. The van der Waals surface area contributed by atoms with Gasteiger partial charge in [-0.3, -0.25) is 0 Å². The molecule has 0 saturated carbocycles. The SMILES string of the molecule is C1CC2CCC1N2.CC.Cc1noc(C)c1-c1ccc2c(-c3nc(N)ncc3C(F)(F)F)c[nH]c2n1. The van der Waals surface area contributed by atoms with Crippen molar-refractivity contribution in [3.05, 3.63) is 41.5 Å². The van der Waals surface area contributed by atoms with Crippen molar-refractivity contribution in [2.75, 3.05) is 5.73 Å². The standard InChI is InChI=1S/C17H13F3N6O.C6H11N.C2H6/c1-7-13(8(2)27-26-7)12-4-3-9-10(5-22-15(9)24-12)14-11(17(18,19)20)6-23-16(21)25-14;1-2-6-4-3-5(1)7-6;1-2/h3-6H,1-2H3,(H,22,24)(H2,21,23,25);5-7H,1-4H2;1-2H3. The second-order valence-electron chi connectivity index (χ2n) is 8.70. The number of aromatic nitrogens is 5. The molecule has 6 rings (SSSR count). The van der Waals surface area contributed by atoms with Gasteiger partial charge >= 0.3 is 6.18 Å². The Kier molecular flexibility index (Phi) is 7.30. The zero-order chi connectivity index (χ0) is 26.0. The fraction of sp³-hybridized carbons (Fsp3) is 0.440. The number of rotatable bonds is 2. The number of pyridine rings is 1. The molecule has 4 aromatic heterocycles. The number of fused-ring (bicyclic) bond motifs is 3. The van der Waals surface area contributed by atoms with E-state index in [-0.39, 0.29) is 17.2 Å². The molecule has 0 spiro atoms. The molecule has 4 aromatic rings. The number of alkyl halides is 3. The van der Waals surface area contributed by atoms with E-state index in [1.165, 1.54) is 31.9 Å². The smallest absolute Gasteiger partial charge is 0.368 e. The van der Waals surface area contributed by atoms with E-state index < -0.39 is 11.7 Å². The number of nitrogens with one attached hydrogen (secondary N) is 2. The van der Waals surface area contributed by atoms with E-state index in [9.17, 15) is 13.2 Å². The third-order valence-electron chi connectivity index (χ3n) is 6.39. The lowest BCUT2D eigenvalue weighted by Crippen LogP contribution is -2.17. The second-order valence-corrected chi connectivity index (χ2v) is 8.70. The molecule has 0 aromatic carbocycles. The van der Waals surface area contributed by atoms with Gasteiger partial charge in [-0.15, -0.1) is 0 Å². The molecule has 192 valence electrons. The summed E-state index contributed by atoms with van der Waals surface area (Å²) < 4.78 is 45.2. The van der Waals surface area contributed by atoms with Gasteiger partial charge in [0, 0.05) is 35.4 Å². The maximum absolute atomic E-state index is 13.3. The van der Waals surface area contributed by atoms with E-state index in [1.54, 1.807) is 26.0 Å². The molecule has 8 nitrogen and oxygen atoms in total. The molecule has 2 bridgehead atoms. The number of nitrogens with zero attached hydrogens (tertiary/aromatic N) is 4. The van der Waals surface area contributed by atoms with Crippen LogP contribution in [0.3, 0.4) is 0 Å². The normalized spacial score (nSPS) is 18.5. The van der Waals surface area contributed by atoms with Crippen molar-refractivity contribution in [2.45, 2.75) is 71.6 Å². The fourth-order valence-corrected chi connectivity index (χ4v) is 4.76. The van der Waals surface area contributed by atoms with Gasteiger partial charge in [-0.25, -0.2) is 15.0 Å². The summed E-state index contributed by atoms with van der Waals surface area (Å²) in [7, 11) is 0. The summed E-state index contributed by atoms with van der Waals surface area (Å²) in [6.45, 7) is 7.55. The van der Waals surface area contributed by atoms with Crippen molar-refractivity contribution in [3.63, 3.8) is 0 Å². The molecule has 0 unspecified atom stereocenters. The van der Waals surface area contributed by atoms with Crippen molar-refractivity contribution >= 4 is 17.0 Å². The van der Waals surface area contributed by atoms with Crippen LogP contribution in [0.25, 0.3) is 33.5 Å². The van der Waals surface area contributed by atoms with Gasteiger partial charge in [0.1, 0.15) is 17.0 Å². The van der Waals surface area contributed by atoms with E-state index >= 15 is 0 Å². The number of nitrogen functional groups attached to an aromatic ring is 1. The van der Waals surface area contributed by atoms with Crippen molar-refractivity contribution in [1.82, 2.24) is 30.4 Å². The van der Waals surface area contributed by atoms with Crippen molar-refractivity contribution in [3.8, 4) is 22.5 Å². The first-order chi connectivity index (χ1) is 17.2. The number of hydrogen-bond acceptors (Lipinski definition) is 7. The van der Waals surface area contributed by atoms with Crippen molar-refractivity contribution in [2.24, 2.45) is 0 Å². The van der Waals surface area contributed by atoms with Crippen molar-refractivity contribution in [1.29, 1.82) is 0 Å². The van der Waals surface area contributed by atoms with Gasteiger partial charge in [-0.05, 0) is 51.7 Å². The van der Waals surface area contributed by atoms with Crippen LogP contribution in [0.5, 0.6) is 0 Å². The van der Waals surface area contributed by atoms with Crippen LogP contribution in [-0.2, 0) is 6.18 Å². The lowest BCUT2D eigenvalue weighted by atomic mass is 10.0. The summed E-state index contributed by atoms with van der Waals surface area (Å²) in [5, 5.41) is 7.90. The number of hydrogen-bond donors (Lipinski definition) is 3. The first kappa shape index (κ1) is 25.6. The topological polar surface area (TPSA) is 119 Å². The monoisotopic (exact) mass is 501 g/mol. The van der Waals surface area contributed by atoms with E-state index in [1.807, 2.05) is 13.8 Å². The molecule has 2 aliphatic rings. The number of anilines is 1. The fourth-order valence-electron chi connectivity index (χ4n) is 4.76. The van der Waals surface area contributed by atoms with Crippen LogP contribution in [0.15, 0.2) is 29.0 Å². The molecule has 0 aliphatic carbocycles. The highest BCUT2D eigenvalue weighted by molar-refractivity contribution is 5.94. The third kappa shape index (κ3) is 5.06. The van der Waals surface area contributed by atoms with E-state index in [0.717, 1.165) is 17.6 Å². The molecule has 4 N–H and O–H groups in total. The van der Waals surface area contributed by atoms with Gasteiger partial charge < -0.3 is 20.6 Å². The molecular formula is C25H30F3N7O. The Morgan fingerprint density at radius 3 is 2.22 bits per heavy atom. The number of H-pyrrole nitrogens is 1. The Morgan fingerprint density at radius 2 is 1.69 bits per heavy atom. The number of halogens is 3. The van der Waals surface area contributed by atoms with Crippen LogP contribution in [-0.4, -0.2) is 37.2 Å².